The van der Waals surface area contributed by atoms with Crippen molar-refractivity contribution in [2.24, 2.45) is 0 Å². The third-order valence-electron chi connectivity index (χ3n) is 16.1. The highest BCUT2D eigenvalue weighted by molar-refractivity contribution is 5.71. The molecule has 0 bridgehead atoms. The maximum Gasteiger partial charge on any atom is 0.306 e. The Kier molecular flexibility index (Phi) is 63.6. The maximum atomic E-state index is 12.9. The first kappa shape index (κ1) is 73.4. The monoisotopic (exact) mass is 1060 g/mol. The van der Waals surface area contributed by atoms with E-state index in [0.29, 0.717) is 19.3 Å². The van der Waals surface area contributed by atoms with Crippen LogP contribution in [0.3, 0.4) is 0 Å². The first-order chi connectivity index (χ1) is 37.0. The van der Waals surface area contributed by atoms with Gasteiger partial charge in [0.25, 0.3) is 0 Å². The summed E-state index contributed by atoms with van der Waals surface area (Å²) in [5.74, 6) is -0.839. The van der Waals surface area contributed by atoms with Crippen molar-refractivity contribution in [3.05, 3.63) is 0 Å². The molecule has 1 atom stereocenters. The van der Waals surface area contributed by atoms with Crippen LogP contribution in [0.2, 0.25) is 0 Å². The van der Waals surface area contributed by atoms with E-state index in [4.69, 9.17) is 14.2 Å². The van der Waals surface area contributed by atoms with Crippen molar-refractivity contribution in [3.8, 4) is 0 Å². The number of hydrogen-bond acceptors (Lipinski definition) is 6. The van der Waals surface area contributed by atoms with Gasteiger partial charge in [-0.25, -0.2) is 0 Å². The van der Waals surface area contributed by atoms with E-state index in [-0.39, 0.29) is 31.1 Å². The van der Waals surface area contributed by atoms with Crippen LogP contribution in [0.15, 0.2) is 0 Å². The van der Waals surface area contributed by atoms with Crippen LogP contribution in [0.1, 0.15) is 406 Å². The van der Waals surface area contributed by atoms with E-state index in [2.05, 4.69) is 20.8 Å². The molecule has 0 fully saturated rings. The highest BCUT2D eigenvalue weighted by atomic mass is 16.6. The molecule has 0 saturated carbocycles. The van der Waals surface area contributed by atoms with E-state index in [1.54, 1.807) is 0 Å². The lowest BCUT2D eigenvalue weighted by atomic mass is 10.0. The van der Waals surface area contributed by atoms with Gasteiger partial charge in [-0.05, 0) is 19.3 Å². The number of hydrogen-bond donors (Lipinski definition) is 0. The standard InChI is InChI=1S/C69H134O6/c1-4-7-10-13-16-18-20-22-24-26-28-30-31-32-33-34-35-36-37-38-40-41-43-45-47-49-51-53-56-59-62-68(71)74-65-66(64-73-67(70)61-58-55-15-12-9-6-3)75-69(72)63-60-57-54-52-50-48-46-44-42-39-29-27-25-23-21-19-17-14-11-8-5-2/h66H,4-65H2,1-3H3. The number of ether oxygens (including phenoxy) is 3. The molecule has 1 unspecified atom stereocenters. The van der Waals surface area contributed by atoms with Crippen molar-refractivity contribution in [1.29, 1.82) is 0 Å². The average molecular weight is 1060 g/mol. The van der Waals surface area contributed by atoms with Crippen LogP contribution in [0.5, 0.6) is 0 Å². The zero-order chi connectivity index (χ0) is 54.3. The average Bonchev–Trinajstić information content (AvgIpc) is 3.41. The minimum absolute atomic E-state index is 0.0617. The van der Waals surface area contributed by atoms with Crippen LogP contribution >= 0.6 is 0 Å². The van der Waals surface area contributed by atoms with Gasteiger partial charge in [-0.15, -0.1) is 0 Å². The first-order valence-corrected chi connectivity index (χ1v) is 34.5. The molecular weight excluding hydrogens is 925 g/mol. The second kappa shape index (κ2) is 64.9. The zero-order valence-electron chi connectivity index (χ0n) is 51.4. The van der Waals surface area contributed by atoms with Gasteiger partial charge in [0.2, 0.25) is 0 Å². The quantitative estimate of drug-likeness (QED) is 0.0343. The summed E-state index contributed by atoms with van der Waals surface area (Å²) >= 11 is 0. The summed E-state index contributed by atoms with van der Waals surface area (Å²) in [4.78, 5) is 38.0. The molecule has 0 aromatic carbocycles. The fraction of sp³-hybridized carbons (Fsp3) is 0.957. The highest BCUT2D eigenvalue weighted by Gasteiger charge is 2.19. The predicted molar refractivity (Wildman–Crippen MR) is 326 cm³/mol. The maximum absolute atomic E-state index is 12.9. The molecule has 0 saturated heterocycles. The van der Waals surface area contributed by atoms with Crippen LogP contribution in [0.4, 0.5) is 0 Å². The Morgan fingerprint density at radius 2 is 0.360 bits per heavy atom. The summed E-state index contributed by atoms with van der Waals surface area (Å²) in [6, 6.07) is 0. The molecule has 0 aromatic heterocycles. The molecule has 6 nitrogen and oxygen atoms in total. The van der Waals surface area contributed by atoms with Crippen molar-refractivity contribution in [1.82, 2.24) is 0 Å². The van der Waals surface area contributed by atoms with Crippen molar-refractivity contribution in [2.45, 2.75) is 412 Å². The number of unbranched alkanes of at least 4 members (excludes halogenated alkanes) is 54. The summed E-state index contributed by atoms with van der Waals surface area (Å²) < 4.78 is 16.9. The van der Waals surface area contributed by atoms with E-state index in [1.165, 1.54) is 308 Å². The Balaban J connectivity index is 3.93. The van der Waals surface area contributed by atoms with Crippen molar-refractivity contribution < 1.29 is 28.6 Å². The first-order valence-electron chi connectivity index (χ1n) is 34.5. The van der Waals surface area contributed by atoms with Gasteiger partial charge in [0, 0.05) is 19.3 Å². The molecule has 0 radical (unpaired) electrons. The topological polar surface area (TPSA) is 78.9 Å². The zero-order valence-corrected chi connectivity index (χ0v) is 51.4. The predicted octanol–water partition coefficient (Wildman–Crippen LogP) is 23.5. The fourth-order valence-electron chi connectivity index (χ4n) is 10.9. The van der Waals surface area contributed by atoms with E-state index in [9.17, 15) is 14.4 Å². The second-order valence-corrected chi connectivity index (χ2v) is 23.8. The van der Waals surface area contributed by atoms with Crippen LogP contribution < -0.4 is 0 Å². The van der Waals surface area contributed by atoms with Gasteiger partial charge in [0.1, 0.15) is 13.2 Å². The Morgan fingerprint density at radius 1 is 0.213 bits per heavy atom. The minimum Gasteiger partial charge on any atom is -0.462 e. The molecule has 0 aliphatic heterocycles. The van der Waals surface area contributed by atoms with Crippen LogP contribution in [0, 0.1) is 0 Å². The van der Waals surface area contributed by atoms with Gasteiger partial charge < -0.3 is 14.2 Å². The second-order valence-electron chi connectivity index (χ2n) is 23.8. The molecule has 0 amide bonds. The Hall–Kier alpha value is -1.59. The van der Waals surface area contributed by atoms with Gasteiger partial charge in [0.05, 0.1) is 0 Å². The van der Waals surface area contributed by atoms with Crippen molar-refractivity contribution in [3.63, 3.8) is 0 Å². The molecule has 0 rings (SSSR count). The Morgan fingerprint density at radius 3 is 0.533 bits per heavy atom. The molecular formula is C69H134O6. The molecule has 0 aromatic rings. The summed E-state index contributed by atoms with van der Waals surface area (Å²) in [7, 11) is 0. The number of rotatable bonds is 65. The molecule has 75 heavy (non-hydrogen) atoms. The van der Waals surface area contributed by atoms with E-state index < -0.39 is 6.10 Å². The van der Waals surface area contributed by atoms with E-state index in [0.717, 1.165) is 57.8 Å². The van der Waals surface area contributed by atoms with E-state index in [1.807, 2.05) is 0 Å². The SMILES string of the molecule is CCCCCCCCCCCCCCCCCCCCCCCCCCCCCCCCC(=O)OCC(COC(=O)CCCCCCCC)OC(=O)CCCCCCCCCCCCCCCCCCCCCCC. The molecule has 0 aliphatic carbocycles. The minimum atomic E-state index is -0.761. The molecule has 0 spiro atoms. The lowest BCUT2D eigenvalue weighted by molar-refractivity contribution is -0.167. The number of carbonyl (C=O) groups is 3. The van der Waals surface area contributed by atoms with Crippen molar-refractivity contribution in [2.75, 3.05) is 13.2 Å². The summed E-state index contributed by atoms with van der Waals surface area (Å²) in [6.07, 6.45) is 76.1. The third kappa shape index (κ3) is 63.1. The van der Waals surface area contributed by atoms with Gasteiger partial charge in [-0.1, -0.05) is 367 Å². The molecule has 6 heteroatoms. The smallest absolute Gasteiger partial charge is 0.306 e. The fourth-order valence-corrected chi connectivity index (χ4v) is 10.9. The summed E-state index contributed by atoms with van der Waals surface area (Å²) in [5.41, 5.74) is 0. The van der Waals surface area contributed by atoms with Crippen LogP contribution in [-0.4, -0.2) is 37.2 Å². The summed E-state index contributed by atoms with van der Waals surface area (Å²) in [6.45, 7) is 6.67. The molecule has 0 heterocycles. The lowest BCUT2D eigenvalue weighted by Crippen LogP contribution is -2.30. The third-order valence-corrected chi connectivity index (χ3v) is 16.1. The Labute approximate surface area is 469 Å². The molecule has 0 aliphatic rings. The van der Waals surface area contributed by atoms with Crippen LogP contribution in [0.25, 0.3) is 0 Å². The van der Waals surface area contributed by atoms with Crippen LogP contribution in [-0.2, 0) is 28.6 Å². The largest absolute Gasteiger partial charge is 0.462 e. The Bertz CT molecular complexity index is 1120. The normalized spacial score (nSPS) is 11.9. The number of esters is 3. The summed E-state index contributed by atoms with van der Waals surface area (Å²) in [5, 5.41) is 0. The van der Waals surface area contributed by atoms with Gasteiger partial charge in [0.15, 0.2) is 6.10 Å². The number of carbonyl (C=O) groups excluding carboxylic acids is 3. The highest BCUT2D eigenvalue weighted by Crippen LogP contribution is 2.19. The molecule has 0 N–H and O–H groups in total. The van der Waals surface area contributed by atoms with Gasteiger partial charge in [-0.3, -0.25) is 14.4 Å². The van der Waals surface area contributed by atoms with Crippen molar-refractivity contribution >= 4 is 17.9 Å². The van der Waals surface area contributed by atoms with E-state index >= 15 is 0 Å². The molecule has 446 valence electrons. The van der Waals surface area contributed by atoms with Gasteiger partial charge in [-0.2, -0.15) is 0 Å². The van der Waals surface area contributed by atoms with Gasteiger partial charge >= 0.3 is 17.9 Å². The lowest BCUT2D eigenvalue weighted by Gasteiger charge is -2.18.